The number of hydrogen-bond donors (Lipinski definition) is 3. The number of pyridine rings is 1. The summed E-state index contributed by atoms with van der Waals surface area (Å²) in [5.41, 5.74) is 2.01. The molecule has 3 aromatic heterocycles. The Hall–Kier alpha value is -4.43. The lowest BCUT2D eigenvalue weighted by Crippen LogP contribution is -2.42. The molecule has 1 atom stereocenters. The van der Waals surface area contributed by atoms with Crippen molar-refractivity contribution in [2.75, 3.05) is 5.32 Å². The van der Waals surface area contributed by atoms with Crippen LogP contribution in [0.25, 0.3) is 22.0 Å². The Morgan fingerprint density at radius 2 is 1.79 bits per heavy atom. The summed E-state index contributed by atoms with van der Waals surface area (Å²) < 4.78 is 0. The summed E-state index contributed by atoms with van der Waals surface area (Å²) in [4.78, 5) is 24.9. The second-order valence-electron chi connectivity index (χ2n) is 7.60. The van der Waals surface area contributed by atoms with Crippen LogP contribution in [0.2, 0.25) is 0 Å². The number of hydrogen-bond acceptors (Lipinski definition) is 6. The molecule has 8 nitrogen and oxygen atoms in total. The van der Waals surface area contributed by atoms with Gasteiger partial charge in [-0.3, -0.25) is 9.78 Å². The normalized spacial score (nSPS) is 12.9. The highest BCUT2D eigenvalue weighted by atomic mass is 16.3. The lowest BCUT2D eigenvalue weighted by atomic mass is 9.91. The number of benzene rings is 2. The average Bonchev–Trinajstić information content (AvgIpc) is 3.40. The third-order valence-corrected chi connectivity index (χ3v) is 5.54. The predicted molar refractivity (Wildman–Crippen MR) is 124 cm³/mol. The van der Waals surface area contributed by atoms with E-state index in [4.69, 9.17) is 0 Å². The molecule has 162 valence electrons. The predicted octanol–water partition coefficient (Wildman–Crippen LogP) is 3.60. The first-order valence-electron chi connectivity index (χ1n) is 10.3. The lowest BCUT2D eigenvalue weighted by Gasteiger charge is -2.25. The van der Waals surface area contributed by atoms with Gasteiger partial charge in [-0.05, 0) is 19.1 Å². The van der Waals surface area contributed by atoms with Crippen LogP contribution in [0.3, 0.4) is 0 Å². The van der Waals surface area contributed by atoms with Crippen LogP contribution in [0.5, 0.6) is 0 Å². The van der Waals surface area contributed by atoms with E-state index >= 15 is 0 Å². The molecule has 8 heteroatoms. The topological polar surface area (TPSA) is 117 Å². The van der Waals surface area contributed by atoms with E-state index in [1.165, 1.54) is 6.20 Å². The van der Waals surface area contributed by atoms with Crippen molar-refractivity contribution >= 4 is 22.5 Å². The quantitative estimate of drug-likeness (QED) is 0.388. The van der Waals surface area contributed by atoms with E-state index in [1.54, 1.807) is 42.9 Å². The molecule has 0 spiro atoms. The molecule has 0 radical (unpaired) electrons. The highest BCUT2D eigenvalue weighted by Crippen LogP contribution is 2.32. The van der Waals surface area contributed by atoms with Gasteiger partial charge in [0.15, 0.2) is 5.82 Å². The minimum absolute atomic E-state index is 0.121. The molecule has 3 heterocycles. The number of nitrogens with zero attached hydrogens (tertiary/aromatic N) is 4. The van der Waals surface area contributed by atoms with Crippen molar-refractivity contribution in [3.63, 3.8) is 0 Å². The maximum atomic E-state index is 13.4. The summed E-state index contributed by atoms with van der Waals surface area (Å²) in [6, 6.07) is 18.2. The van der Waals surface area contributed by atoms with Gasteiger partial charge in [0.2, 0.25) is 5.60 Å². The molecule has 33 heavy (non-hydrogen) atoms. The first kappa shape index (κ1) is 20.5. The number of carbonyl (C=O) groups excluding carboxylic acids is 1. The molecule has 3 N–H and O–H groups in total. The number of rotatable bonds is 5. The third kappa shape index (κ3) is 3.62. The van der Waals surface area contributed by atoms with E-state index in [0.29, 0.717) is 11.3 Å². The summed E-state index contributed by atoms with van der Waals surface area (Å²) in [5.74, 6) is -0.534. The van der Waals surface area contributed by atoms with E-state index in [2.05, 4.69) is 30.5 Å². The van der Waals surface area contributed by atoms with Crippen molar-refractivity contribution in [3.8, 4) is 11.1 Å². The van der Waals surface area contributed by atoms with Crippen LogP contribution in [-0.4, -0.2) is 36.2 Å². The van der Waals surface area contributed by atoms with Crippen LogP contribution in [0.4, 0.5) is 5.69 Å². The number of aromatic nitrogens is 5. The number of aliphatic hydroxyl groups is 1. The van der Waals surface area contributed by atoms with E-state index in [0.717, 1.165) is 27.7 Å². The molecule has 5 aromatic rings. The van der Waals surface area contributed by atoms with Gasteiger partial charge in [-0.15, -0.1) is 0 Å². The summed E-state index contributed by atoms with van der Waals surface area (Å²) in [5, 5.41) is 23.5. The van der Waals surface area contributed by atoms with Gasteiger partial charge >= 0.3 is 0 Å². The number of aromatic amines is 1. The molecule has 0 fully saturated rings. The second-order valence-corrected chi connectivity index (χ2v) is 7.60. The lowest BCUT2D eigenvalue weighted by molar-refractivity contribution is -0.131. The minimum atomic E-state index is -2.01. The van der Waals surface area contributed by atoms with Gasteiger partial charge in [-0.25, -0.2) is 4.98 Å². The zero-order valence-corrected chi connectivity index (χ0v) is 17.7. The summed E-state index contributed by atoms with van der Waals surface area (Å²) >= 11 is 0. The number of fused-ring (bicyclic) bond motifs is 1. The maximum Gasteiger partial charge on any atom is 0.269 e. The minimum Gasteiger partial charge on any atom is -0.369 e. The monoisotopic (exact) mass is 436 g/mol. The number of carbonyl (C=O) groups is 1. The van der Waals surface area contributed by atoms with Crippen LogP contribution >= 0.6 is 0 Å². The molecule has 0 aliphatic heterocycles. The summed E-state index contributed by atoms with van der Waals surface area (Å²) in [6.45, 7) is 1.89. The Balaban J connectivity index is 1.55. The molecule has 2 aromatic carbocycles. The van der Waals surface area contributed by atoms with Crippen molar-refractivity contribution < 1.29 is 9.90 Å². The van der Waals surface area contributed by atoms with Gasteiger partial charge in [0.05, 0.1) is 23.6 Å². The largest absolute Gasteiger partial charge is 0.369 e. The van der Waals surface area contributed by atoms with Crippen LogP contribution in [0, 0.1) is 6.92 Å². The smallest absolute Gasteiger partial charge is 0.269 e. The third-order valence-electron chi connectivity index (χ3n) is 5.54. The first-order chi connectivity index (χ1) is 16.1. The molecule has 0 saturated heterocycles. The molecule has 0 bridgehead atoms. The van der Waals surface area contributed by atoms with Crippen molar-refractivity contribution in [3.05, 3.63) is 103 Å². The molecule has 0 saturated carbocycles. The van der Waals surface area contributed by atoms with Gasteiger partial charge in [0.1, 0.15) is 0 Å². The molecule has 5 rings (SSSR count). The number of imidazole rings is 1. The van der Waals surface area contributed by atoms with Gasteiger partial charge in [0.25, 0.3) is 5.91 Å². The van der Waals surface area contributed by atoms with Crippen molar-refractivity contribution in [1.82, 2.24) is 25.1 Å². The Bertz CT molecular complexity index is 1430. The fraction of sp³-hybridized carbons (Fsp3) is 0.0800. The molecular weight excluding hydrogens is 416 g/mol. The van der Waals surface area contributed by atoms with E-state index in [-0.39, 0.29) is 5.82 Å². The van der Waals surface area contributed by atoms with Gasteiger partial charge in [-0.1, -0.05) is 48.5 Å². The highest BCUT2D eigenvalue weighted by molar-refractivity contribution is 6.01. The first-order valence-corrected chi connectivity index (χ1v) is 10.3. The van der Waals surface area contributed by atoms with Crippen LogP contribution < -0.4 is 5.32 Å². The van der Waals surface area contributed by atoms with Crippen LogP contribution in [-0.2, 0) is 10.4 Å². The maximum absolute atomic E-state index is 13.4. The van der Waals surface area contributed by atoms with Gasteiger partial charge in [0, 0.05) is 40.2 Å². The molecule has 0 aliphatic rings. The number of aryl methyl sites for hydroxylation is 1. The van der Waals surface area contributed by atoms with E-state index in [1.807, 2.05) is 43.3 Å². The fourth-order valence-corrected chi connectivity index (χ4v) is 3.84. The number of amides is 1. The highest BCUT2D eigenvalue weighted by Gasteiger charge is 2.42. The Morgan fingerprint density at radius 1 is 1.00 bits per heavy atom. The number of anilines is 1. The number of H-pyrrole nitrogens is 1. The van der Waals surface area contributed by atoms with E-state index in [9.17, 15) is 9.90 Å². The Morgan fingerprint density at radius 3 is 2.58 bits per heavy atom. The molecule has 1 amide bonds. The summed E-state index contributed by atoms with van der Waals surface area (Å²) in [6.07, 6.45) is 6.29. The number of nitrogens with one attached hydrogen (secondary N) is 2. The summed E-state index contributed by atoms with van der Waals surface area (Å²) in [7, 11) is 0. The van der Waals surface area contributed by atoms with Crippen molar-refractivity contribution in [2.24, 2.45) is 0 Å². The SMILES string of the molecule is Cc1ncc(NC(=O)[C@@](O)(c2ccccc2)c2ncc[nH]2)cc1-c1cnnc2ccccc12. The van der Waals surface area contributed by atoms with Crippen LogP contribution in [0.1, 0.15) is 17.1 Å². The molecule has 0 aliphatic carbocycles. The zero-order valence-electron chi connectivity index (χ0n) is 17.7. The van der Waals surface area contributed by atoms with E-state index < -0.39 is 11.5 Å². The molecular formula is C25H20N6O2. The standard InChI is InChI=1S/C25H20N6O2/c1-16-20(21-15-29-31-22-10-6-5-9-19(21)22)13-18(14-28-16)30-24(32)25(33,23-26-11-12-27-23)17-7-3-2-4-8-17/h2-15,33H,1H3,(H,26,27)(H,30,32)/t25-/m1/s1. The zero-order chi connectivity index (χ0) is 22.8. The van der Waals surface area contributed by atoms with Crippen molar-refractivity contribution in [1.29, 1.82) is 0 Å². The van der Waals surface area contributed by atoms with Gasteiger partial charge in [-0.2, -0.15) is 10.2 Å². The van der Waals surface area contributed by atoms with Crippen molar-refractivity contribution in [2.45, 2.75) is 12.5 Å². The Kier molecular flexibility index (Phi) is 5.12. The average molecular weight is 436 g/mol. The molecule has 0 unspecified atom stereocenters. The fourth-order valence-electron chi connectivity index (χ4n) is 3.84. The van der Waals surface area contributed by atoms with Crippen LogP contribution in [0.15, 0.2) is 85.5 Å². The Labute approximate surface area is 189 Å². The second kappa shape index (κ2) is 8.25. The van der Waals surface area contributed by atoms with Gasteiger partial charge < -0.3 is 15.4 Å².